The summed E-state index contributed by atoms with van der Waals surface area (Å²) in [4.78, 5) is 23.2. The first-order valence-electron chi connectivity index (χ1n) is 7.77. The van der Waals surface area contributed by atoms with Gasteiger partial charge in [0.25, 0.3) is 0 Å². The minimum Gasteiger partial charge on any atom is -0.493 e. The maximum atomic E-state index is 11.8. The van der Waals surface area contributed by atoms with E-state index in [1.807, 2.05) is 0 Å². The molecule has 2 atom stereocenters. The molecule has 0 unspecified atom stereocenters. The molecule has 0 saturated carbocycles. The normalized spacial score (nSPS) is 13.5. The highest BCUT2D eigenvalue weighted by atomic mass is 16.6. The molecule has 0 fully saturated rings. The van der Waals surface area contributed by atoms with Crippen LogP contribution >= 0.6 is 0 Å². The second-order valence-electron chi connectivity index (χ2n) is 6.49. The van der Waals surface area contributed by atoms with Crippen molar-refractivity contribution in [3.05, 3.63) is 23.8 Å². The molecule has 0 radical (unpaired) electrons. The summed E-state index contributed by atoms with van der Waals surface area (Å²) in [6.07, 6.45) is -0.816. The zero-order valence-corrected chi connectivity index (χ0v) is 15.2. The number of nitrogens with one attached hydrogen (secondary N) is 1. The second-order valence-corrected chi connectivity index (χ2v) is 6.49. The summed E-state index contributed by atoms with van der Waals surface area (Å²) in [5.74, 6) is -0.163. The highest BCUT2D eigenvalue weighted by molar-refractivity contribution is 5.80. The van der Waals surface area contributed by atoms with Gasteiger partial charge in [0.15, 0.2) is 11.5 Å². The Balaban J connectivity index is 2.84. The Morgan fingerprint density at radius 3 is 2.28 bits per heavy atom. The smallest absolute Gasteiger partial charge is 0.408 e. The number of methoxy groups -OCH3 is 2. The first-order chi connectivity index (χ1) is 11.6. The summed E-state index contributed by atoms with van der Waals surface area (Å²) in [5.41, 5.74) is 6.04. The molecule has 0 bridgehead atoms. The Labute approximate surface area is 147 Å². The number of benzene rings is 1. The quantitative estimate of drug-likeness (QED) is 0.685. The van der Waals surface area contributed by atoms with Crippen LogP contribution in [0.2, 0.25) is 0 Å². The number of carbonyl (C=O) groups excluding carboxylic acids is 1. The van der Waals surface area contributed by atoms with Crippen molar-refractivity contribution in [2.75, 3.05) is 14.2 Å². The Bertz CT molecular complexity index is 612. The zero-order chi connectivity index (χ0) is 19.2. The average Bonchev–Trinajstić information content (AvgIpc) is 2.51. The lowest BCUT2D eigenvalue weighted by Gasteiger charge is -2.23. The van der Waals surface area contributed by atoms with Gasteiger partial charge in [-0.1, -0.05) is 6.07 Å². The number of aliphatic carboxylic acids is 1. The molecular weight excluding hydrogens is 328 g/mol. The van der Waals surface area contributed by atoms with Crippen molar-refractivity contribution in [1.82, 2.24) is 5.32 Å². The van der Waals surface area contributed by atoms with Crippen LogP contribution in [-0.2, 0) is 9.53 Å². The van der Waals surface area contributed by atoms with Gasteiger partial charge in [0.05, 0.1) is 14.2 Å². The largest absolute Gasteiger partial charge is 0.493 e. The molecule has 0 aliphatic rings. The maximum absolute atomic E-state index is 11.8. The standard InChI is InChI=1S/C17H26N2O6/c1-17(2,3)25-16(22)19-12(15(20)21)9-11(18)10-6-7-13(23-4)14(8-10)24-5/h6-8,11-12H,9,18H2,1-5H3,(H,19,22)(H,20,21)/t11-,12+/m1/s1. The van der Waals surface area contributed by atoms with Gasteiger partial charge in [-0.2, -0.15) is 0 Å². The molecule has 0 aliphatic heterocycles. The first kappa shape index (κ1) is 20.6. The maximum Gasteiger partial charge on any atom is 0.408 e. The molecule has 0 aliphatic carbocycles. The average molecular weight is 354 g/mol. The van der Waals surface area contributed by atoms with E-state index in [1.54, 1.807) is 39.0 Å². The van der Waals surface area contributed by atoms with Gasteiger partial charge in [-0.3, -0.25) is 0 Å². The SMILES string of the molecule is COc1ccc([C@H](N)C[C@H](NC(=O)OC(C)(C)C)C(=O)O)cc1OC. The van der Waals surface area contributed by atoms with Crippen LogP contribution in [0.1, 0.15) is 38.8 Å². The van der Waals surface area contributed by atoms with E-state index in [2.05, 4.69) is 5.32 Å². The van der Waals surface area contributed by atoms with E-state index < -0.39 is 29.7 Å². The Morgan fingerprint density at radius 2 is 1.80 bits per heavy atom. The van der Waals surface area contributed by atoms with E-state index in [-0.39, 0.29) is 6.42 Å². The molecule has 4 N–H and O–H groups in total. The summed E-state index contributed by atoms with van der Waals surface area (Å²) in [6.45, 7) is 5.08. The third-order valence-corrected chi connectivity index (χ3v) is 3.31. The summed E-state index contributed by atoms with van der Waals surface area (Å²) in [6, 6.07) is 3.27. The van der Waals surface area contributed by atoms with Gasteiger partial charge >= 0.3 is 12.1 Å². The van der Waals surface area contributed by atoms with Crippen molar-refractivity contribution in [1.29, 1.82) is 0 Å². The van der Waals surface area contributed by atoms with Crippen LogP contribution in [0.4, 0.5) is 4.79 Å². The van der Waals surface area contributed by atoms with Gasteiger partial charge < -0.3 is 30.4 Å². The fourth-order valence-corrected chi connectivity index (χ4v) is 2.14. The van der Waals surface area contributed by atoms with Gasteiger partial charge in [-0.05, 0) is 44.9 Å². The Hall–Kier alpha value is -2.48. The molecule has 0 saturated heterocycles. The number of hydrogen-bond donors (Lipinski definition) is 3. The van der Waals surface area contributed by atoms with Crippen molar-refractivity contribution >= 4 is 12.1 Å². The van der Waals surface area contributed by atoms with Crippen molar-refractivity contribution in [2.45, 2.75) is 44.9 Å². The molecule has 0 heterocycles. The van der Waals surface area contributed by atoms with Crippen molar-refractivity contribution in [2.24, 2.45) is 5.73 Å². The predicted octanol–water partition coefficient (Wildman–Crippen LogP) is 2.07. The third kappa shape index (κ3) is 6.50. The number of alkyl carbamates (subject to hydrolysis) is 1. The number of carboxylic acid groups (broad SMARTS) is 1. The number of carbonyl (C=O) groups is 2. The van der Waals surface area contributed by atoms with Gasteiger partial charge in [-0.25, -0.2) is 9.59 Å². The molecule has 1 amide bonds. The molecule has 1 rings (SSSR count). The number of amides is 1. The summed E-state index contributed by atoms with van der Waals surface area (Å²) >= 11 is 0. The van der Waals surface area contributed by atoms with E-state index in [0.717, 1.165) is 0 Å². The first-order valence-corrected chi connectivity index (χ1v) is 7.77. The summed E-state index contributed by atoms with van der Waals surface area (Å²) in [7, 11) is 3.01. The highest BCUT2D eigenvalue weighted by Crippen LogP contribution is 2.30. The van der Waals surface area contributed by atoms with Gasteiger partial charge in [0, 0.05) is 6.04 Å². The summed E-state index contributed by atoms with van der Waals surface area (Å²) < 4.78 is 15.4. The van der Waals surface area contributed by atoms with E-state index in [4.69, 9.17) is 19.9 Å². The van der Waals surface area contributed by atoms with Crippen LogP contribution in [0, 0.1) is 0 Å². The Kier molecular flexibility index (Phi) is 7.05. The van der Waals surface area contributed by atoms with Crippen LogP contribution in [0.15, 0.2) is 18.2 Å². The third-order valence-electron chi connectivity index (χ3n) is 3.31. The van der Waals surface area contributed by atoms with Crippen molar-refractivity contribution in [3.63, 3.8) is 0 Å². The molecule has 140 valence electrons. The molecule has 25 heavy (non-hydrogen) atoms. The van der Waals surface area contributed by atoms with Crippen LogP contribution < -0.4 is 20.5 Å². The number of nitrogens with two attached hydrogens (primary N) is 1. The number of ether oxygens (including phenoxy) is 3. The molecule has 1 aromatic rings. The monoisotopic (exact) mass is 354 g/mol. The molecule has 8 heteroatoms. The number of hydrogen-bond acceptors (Lipinski definition) is 6. The minimum atomic E-state index is -1.19. The summed E-state index contributed by atoms with van der Waals surface area (Å²) in [5, 5.41) is 11.7. The van der Waals surface area contributed by atoms with Crippen LogP contribution in [0.25, 0.3) is 0 Å². The molecular formula is C17H26N2O6. The lowest BCUT2D eigenvalue weighted by Crippen LogP contribution is -2.44. The Morgan fingerprint density at radius 1 is 1.20 bits per heavy atom. The van der Waals surface area contributed by atoms with Crippen LogP contribution in [0.3, 0.4) is 0 Å². The van der Waals surface area contributed by atoms with Gasteiger partial charge in [0.1, 0.15) is 11.6 Å². The molecule has 0 spiro atoms. The lowest BCUT2D eigenvalue weighted by atomic mass is 9.99. The minimum absolute atomic E-state index is 0.00986. The number of rotatable bonds is 7. The van der Waals surface area contributed by atoms with E-state index in [0.29, 0.717) is 17.1 Å². The fraction of sp³-hybridized carbons (Fsp3) is 0.529. The van der Waals surface area contributed by atoms with E-state index in [9.17, 15) is 14.7 Å². The molecule has 0 aromatic heterocycles. The lowest BCUT2D eigenvalue weighted by molar-refractivity contribution is -0.139. The molecule has 8 nitrogen and oxygen atoms in total. The van der Waals surface area contributed by atoms with Gasteiger partial charge in [-0.15, -0.1) is 0 Å². The second kappa shape index (κ2) is 8.57. The van der Waals surface area contributed by atoms with Crippen molar-refractivity contribution in [3.8, 4) is 11.5 Å². The predicted molar refractivity (Wildman–Crippen MR) is 91.9 cm³/mol. The highest BCUT2D eigenvalue weighted by Gasteiger charge is 2.26. The zero-order valence-electron chi connectivity index (χ0n) is 15.2. The van der Waals surface area contributed by atoms with Gasteiger partial charge in [0.2, 0.25) is 0 Å². The topological polar surface area (TPSA) is 120 Å². The van der Waals surface area contributed by atoms with Crippen LogP contribution in [0.5, 0.6) is 11.5 Å². The number of carboxylic acids is 1. The molecule has 1 aromatic carbocycles. The van der Waals surface area contributed by atoms with E-state index >= 15 is 0 Å². The van der Waals surface area contributed by atoms with Crippen LogP contribution in [-0.4, -0.2) is 43.0 Å². The van der Waals surface area contributed by atoms with Crippen molar-refractivity contribution < 1.29 is 28.9 Å². The van der Waals surface area contributed by atoms with E-state index in [1.165, 1.54) is 14.2 Å². The fourth-order valence-electron chi connectivity index (χ4n) is 2.14.